The number of pyridine rings is 1. The summed E-state index contributed by atoms with van der Waals surface area (Å²) in [5, 5.41) is 29.4. The fourth-order valence-corrected chi connectivity index (χ4v) is 4.30. The zero-order valence-electron chi connectivity index (χ0n) is 21.1. The van der Waals surface area contributed by atoms with Crippen molar-refractivity contribution >= 4 is 22.3 Å². The lowest BCUT2D eigenvalue weighted by molar-refractivity contribution is 0.260. The molecule has 0 spiro atoms. The molecule has 3 aromatic rings. The molecular formula is C28H29FN8. The first kappa shape index (κ1) is 24.4. The standard InChI is InChI=1S/C28H29FN8/c1-28(2,3)16-33-26-19(13-31)14-32-25-18(12-30)10-21(11-23(25)26)34-27(17-4-6-20(29)7-5-17)24-15-37(36-35-24)22-8-9-22/h4-7,10-11,14-15,22,27,34-36H,8-9,16H2,1-3H3,(H,32,33). The van der Waals surface area contributed by atoms with Gasteiger partial charge in [0.1, 0.15) is 18.0 Å². The normalized spacial score (nSPS) is 15.9. The van der Waals surface area contributed by atoms with Crippen LogP contribution >= 0.6 is 0 Å². The Morgan fingerprint density at radius 1 is 1.14 bits per heavy atom. The van der Waals surface area contributed by atoms with Gasteiger partial charge in [-0.1, -0.05) is 32.9 Å². The second kappa shape index (κ2) is 9.61. The quantitative estimate of drug-likeness (QED) is 0.359. The number of hydrogen-bond donors (Lipinski definition) is 4. The van der Waals surface area contributed by atoms with Gasteiger partial charge in [0.05, 0.1) is 34.1 Å². The summed E-state index contributed by atoms with van der Waals surface area (Å²) >= 11 is 0. The van der Waals surface area contributed by atoms with Gasteiger partial charge in [0.2, 0.25) is 0 Å². The minimum atomic E-state index is -0.348. The van der Waals surface area contributed by atoms with Gasteiger partial charge < -0.3 is 16.1 Å². The molecule has 1 fully saturated rings. The summed E-state index contributed by atoms with van der Waals surface area (Å²) in [4.78, 5) is 4.43. The summed E-state index contributed by atoms with van der Waals surface area (Å²) in [6.07, 6.45) is 5.79. The van der Waals surface area contributed by atoms with Gasteiger partial charge in [0.15, 0.2) is 0 Å². The van der Waals surface area contributed by atoms with Crippen molar-refractivity contribution in [2.75, 3.05) is 17.2 Å². The Bertz CT molecular complexity index is 1440. The Balaban J connectivity index is 1.58. The predicted octanol–water partition coefficient (Wildman–Crippen LogP) is 5.06. The van der Waals surface area contributed by atoms with Crippen molar-refractivity contribution in [3.8, 4) is 12.1 Å². The van der Waals surface area contributed by atoms with Crippen molar-refractivity contribution in [3.05, 3.63) is 77.0 Å². The highest BCUT2D eigenvalue weighted by atomic mass is 19.1. The van der Waals surface area contributed by atoms with Gasteiger partial charge in [-0.3, -0.25) is 9.99 Å². The molecule has 0 radical (unpaired) electrons. The van der Waals surface area contributed by atoms with E-state index in [4.69, 9.17) is 0 Å². The molecule has 37 heavy (non-hydrogen) atoms. The largest absolute Gasteiger partial charge is 0.383 e. The van der Waals surface area contributed by atoms with Crippen molar-refractivity contribution in [2.24, 2.45) is 5.41 Å². The Labute approximate surface area is 215 Å². The van der Waals surface area contributed by atoms with Crippen LogP contribution in [0, 0.1) is 33.9 Å². The molecule has 188 valence electrons. The molecule has 9 heteroatoms. The smallest absolute Gasteiger partial charge is 0.123 e. The molecule has 0 amide bonds. The Hall–Kier alpha value is -4.34. The van der Waals surface area contributed by atoms with Crippen molar-refractivity contribution in [1.82, 2.24) is 21.0 Å². The van der Waals surface area contributed by atoms with Crippen LogP contribution in [0.2, 0.25) is 0 Å². The minimum Gasteiger partial charge on any atom is -0.383 e. The number of nitriles is 2. The zero-order valence-corrected chi connectivity index (χ0v) is 21.1. The van der Waals surface area contributed by atoms with Crippen LogP contribution in [0.4, 0.5) is 15.8 Å². The highest BCUT2D eigenvalue weighted by Crippen LogP contribution is 2.35. The van der Waals surface area contributed by atoms with Crippen LogP contribution in [0.5, 0.6) is 0 Å². The van der Waals surface area contributed by atoms with E-state index >= 15 is 0 Å². The molecule has 1 aromatic heterocycles. The van der Waals surface area contributed by atoms with Gasteiger partial charge in [0, 0.05) is 36.1 Å². The lowest BCUT2D eigenvalue weighted by Gasteiger charge is -2.23. The molecular weight excluding hydrogens is 467 g/mol. The summed E-state index contributed by atoms with van der Waals surface area (Å²) in [6, 6.07) is 14.6. The summed E-state index contributed by atoms with van der Waals surface area (Å²) < 4.78 is 13.7. The lowest BCUT2D eigenvalue weighted by atomic mass is 9.96. The zero-order chi connectivity index (χ0) is 26.2. The average Bonchev–Trinajstić information content (AvgIpc) is 3.62. The van der Waals surface area contributed by atoms with E-state index in [9.17, 15) is 14.9 Å². The van der Waals surface area contributed by atoms with E-state index in [-0.39, 0.29) is 17.3 Å². The summed E-state index contributed by atoms with van der Waals surface area (Å²) in [5.74, 6) is -0.310. The maximum Gasteiger partial charge on any atom is 0.123 e. The van der Waals surface area contributed by atoms with E-state index < -0.39 is 0 Å². The van der Waals surface area contributed by atoms with E-state index in [1.807, 2.05) is 17.3 Å². The minimum absolute atomic E-state index is 0.0229. The van der Waals surface area contributed by atoms with Crippen molar-refractivity contribution in [3.63, 3.8) is 0 Å². The van der Waals surface area contributed by atoms with Gasteiger partial charge in [0.25, 0.3) is 0 Å². The second-order valence-corrected chi connectivity index (χ2v) is 10.7. The maximum absolute atomic E-state index is 13.7. The number of nitrogens with one attached hydrogen (secondary N) is 4. The number of hydrogen-bond acceptors (Lipinski definition) is 8. The predicted molar refractivity (Wildman–Crippen MR) is 141 cm³/mol. The fraction of sp³-hybridized carbons (Fsp3) is 0.321. The molecule has 2 heterocycles. The molecule has 1 unspecified atom stereocenters. The van der Waals surface area contributed by atoms with Crippen LogP contribution in [-0.2, 0) is 0 Å². The van der Waals surface area contributed by atoms with Crippen LogP contribution in [0.15, 0.2) is 54.5 Å². The van der Waals surface area contributed by atoms with E-state index in [1.165, 1.54) is 18.3 Å². The second-order valence-electron chi connectivity index (χ2n) is 10.7. The molecule has 5 rings (SSSR count). The lowest BCUT2D eigenvalue weighted by Crippen LogP contribution is -2.38. The molecule has 0 bridgehead atoms. The van der Waals surface area contributed by atoms with Gasteiger partial charge in [-0.25, -0.2) is 4.39 Å². The van der Waals surface area contributed by atoms with Crippen molar-refractivity contribution in [1.29, 1.82) is 10.5 Å². The number of aromatic nitrogens is 1. The molecule has 0 saturated heterocycles. The third-order valence-corrected chi connectivity index (χ3v) is 6.38. The first-order valence-corrected chi connectivity index (χ1v) is 12.3. The Morgan fingerprint density at radius 3 is 2.51 bits per heavy atom. The molecule has 1 atom stereocenters. The van der Waals surface area contributed by atoms with E-state index in [0.29, 0.717) is 46.0 Å². The highest BCUT2D eigenvalue weighted by molar-refractivity contribution is 5.99. The van der Waals surface area contributed by atoms with Crippen LogP contribution < -0.4 is 21.6 Å². The third-order valence-electron chi connectivity index (χ3n) is 6.38. The van der Waals surface area contributed by atoms with Crippen molar-refractivity contribution in [2.45, 2.75) is 45.7 Å². The van der Waals surface area contributed by atoms with E-state index in [2.05, 4.69) is 59.5 Å². The van der Waals surface area contributed by atoms with E-state index in [1.54, 1.807) is 18.2 Å². The van der Waals surface area contributed by atoms with Crippen molar-refractivity contribution < 1.29 is 4.39 Å². The molecule has 2 aromatic carbocycles. The summed E-state index contributed by atoms with van der Waals surface area (Å²) in [5.41, 5.74) is 10.8. The third kappa shape index (κ3) is 5.28. The number of anilines is 2. The number of benzene rings is 2. The van der Waals surface area contributed by atoms with E-state index in [0.717, 1.165) is 24.1 Å². The molecule has 8 nitrogen and oxygen atoms in total. The monoisotopic (exact) mass is 496 g/mol. The SMILES string of the molecule is CC(C)(C)CNc1c(C#N)cnc2c(C#N)cc(NC(C3=CN(C4CC4)NN3)c3ccc(F)cc3)cc12. The molecule has 4 N–H and O–H groups in total. The van der Waals surface area contributed by atoms with Gasteiger partial charge in [-0.15, -0.1) is 5.53 Å². The number of hydrazine groups is 2. The van der Waals surface area contributed by atoms with Crippen LogP contribution in [-0.4, -0.2) is 22.6 Å². The van der Waals surface area contributed by atoms with Gasteiger partial charge in [-0.2, -0.15) is 10.5 Å². The molecule has 1 aliphatic heterocycles. The Morgan fingerprint density at radius 2 is 1.86 bits per heavy atom. The van der Waals surface area contributed by atoms with Gasteiger partial charge >= 0.3 is 0 Å². The summed E-state index contributed by atoms with van der Waals surface area (Å²) in [6.45, 7) is 6.96. The summed E-state index contributed by atoms with van der Waals surface area (Å²) in [7, 11) is 0. The highest BCUT2D eigenvalue weighted by Gasteiger charge is 2.32. The van der Waals surface area contributed by atoms with Gasteiger partial charge in [-0.05, 0) is 48.1 Å². The molecule has 1 aliphatic carbocycles. The van der Waals surface area contributed by atoms with Crippen LogP contribution in [0.3, 0.4) is 0 Å². The topological polar surface area (TPSA) is 112 Å². The van der Waals surface area contributed by atoms with Crippen LogP contribution in [0.25, 0.3) is 10.9 Å². The number of fused-ring (bicyclic) bond motifs is 1. The number of rotatable bonds is 7. The Kier molecular flexibility index (Phi) is 6.32. The first-order valence-electron chi connectivity index (χ1n) is 12.3. The number of halogens is 1. The maximum atomic E-state index is 13.7. The molecule has 2 aliphatic rings. The average molecular weight is 497 g/mol. The first-order chi connectivity index (χ1) is 17.8. The van der Waals surface area contributed by atoms with Crippen LogP contribution in [0.1, 0.15) is 56.3 Å². The number of nitrogens with zero attached hydrogens (tertiary/aromatic N) is 4. The fourth-order valence-electron chi connectivity index (χ4n) is 4.30. The molecule has 1 saturated carbocycles.